The van der Waals surface area contributed by atoms with Gasteiger partial charge in [0.25, 0.3) is 5.91 Å². The third-order valence-corrected chi connectivity index (χ3v) is 5.76. The van der Waals surface area contributed by atoms with Crippen molar-refractivity contribution in [3.63, 3.8) is 0 Å². The highest BCUT2D eigenvalue weighted by Gasteiger charge is 2.44. The molecule has 1 unspecified atom stereocenters. The Morgan fingerprint density at radius 1 is 1.03 bits per heavy atom. The summed E-state index contributed by atoms with van der Waals surface area (Å²) in [5.74, 6) is 1.20. The minimum atomic E-state index is -0.728. The van der Waals surface area contributed by atoms with E-state index in [9.17, 15) is 9.59 Å². The fraction of sp³-hybridized carbons (Fsp3) is 0.200. The van der Waals surface area contributed by atoms with Crippen molar-refractivity contribution in [3.8, 4) is 11.5 Å². The van der Waals surface area contributed by atoms with Gasteiger partial charge >= 0.3 is 0 Å². The summed E-state index contributed by atoms with van der Waals surface area (Å²) in [6.07, 6.45) is 1.55. The molecule has 2 aromatic heterocycles. The summed E-state index contributed by atoms with van der Waals surface area (Å²) in [6.45, 7) is 2.07. The molecule has 3 heterocycles. The number of furan rings is 1. The summed E-state index contributed by atoms with van der Waals surface area (Å²) in [4.78, 5) is 28.7. The largest absolute Gasteiger partial charge is 0.493 e. The zero-order valence-electron chi connectivity index (χ0n) is 17.9. The topological polar surface area (TPSA) is 82.1 Å². The van der Waals surface area contributed by atoms with E-state index in [0.717, 1.165) is 5.56 Å². The molecule has 0 saturated carbocycles. The summed E-state index contributed by atoms with van der Waals surface area (Å²) >= 11 is 0. The third kappa shape index (κ3) is 2.97. The summed E-state index contributed by atoms with van der Waals surface area (Å²) in [5, 5.41) is 0.434. The molecule has 7 heteroatoms. The first-order chi connectivity index (χ1) is 15.5. The Balaban J connectivity index is 1.80. The van der Waals surface area contributed by atoms with Crippen LogP contribution in [0.15, 0.2) is 68.4 Å². The van der Waals surface area contributed by atoms with Crippen LogP contribution < -0.4 is 14.9 Å². The molecule has 0 spiro atoms. The van der Waals surface area contributed by atoms with E-state index in [-0.39, 0.29) is 29.2 Å². The molecule has 0 radical (unpaired) electrons. The number of nitrogens with zero attached hydrogens (tertiary/aromatic N) is 1. The van der Waals surface area contributed by atoms with Crippen LogP contribution in [0.2, 0.25) is 0 Å². The monoisotopic (exact) mass is 431 g/mol. The molecule has 0 aliphatic carbocycles. The molecular weight excluding hydrogens is 410 g/mol. The molecule has 7 nitrogen and oxygen atoms in total. The van der Waals surface area contributed by atoms with Gasteiger partial charge in [0.05, 0.1) is 44.0 Å². The molecule has 1 amide bonds. The minimum Gasteiger partial charge on any atom is -0.493 e. The van der Waals surface area contributed by atoms with Gasteiger partial charge in [-0.25, -0.2) is 0 Å². The van der Waals surface area contributed by atoms with Crippen LogP contribution in [0.25, 0.3) is 11.0 Å². The zero-order valence-corrected chi connectivity index (χ0v) is 17.9. The number of amides is 1. The smallest absolute Gasteiger partial charge is 0.291 e. The minimum absolute atomic E-state index is 0.0350. The zero-order chi connectivity index (χ0) is 22.4. The number of hydrogen-bond donors (Lipinski definition) is 0. The van der Waals surface area contributed by atoms with Gasteiger partial charge in [-0.05, 0) is 37.3 Å². The standard InChI is InChI=1S/C25H21NO6/c1-14-9-10-18-17(12-14)22(27)20-21(16-7-4-8-19(29-2)23(16)30-3)26(25(28)24(20)32-18)13-15-6-5-11-31-15/h4-12,21H,13H2,1-3H3. The average molecular weight is 431 g/mol. The van der Waals surface area contributed by atoms with Crippen LogP contribution in [0.3, 0.4) is 0 Å². The number of aryl methyl sites for hydroxylation is 1. The van der Waals surface area contributed by atoms with Crippen molar-refractivity contribution in [2.75, 3.05) is 14.2 Å². The van der Waals surface area contributed by atoms with Gasteiger partial charge in [-0.2, -0.15) is 0 Å². The number of rotatable bonds is 5. The van der Waals surface area contributed by atoms with E-state index >= 15 is 0 Å². The fourth-order valence-electron chi connectivity index (χ4n) is 4.32. The number of fused-ring (bicyclic) bond motifs is 2. The normalized spacial score (nSPS) is 15.3. The van der Waals surface area contributed by atoms with E-state index in [1.165, 1.54) is 7.11 Å². The van der Waals surface area contributed by atoms with E-state index in [2.05, 4.69) is 0 Å². The first-order valence-electron chi connectivity index (χ1n) is 10.1. The predicted octanol–water partition coefficient (Wildman–Crippen LogP) is 4.46. The van der Waals surface area contributed by atoms with Crippen molar-refractivity contribution in [1.29, 1.82) is 0 Å². The van der Waals surface area contributed by atoms with Crippen molar-refractivity contribution >= 4 is 16.9 Å². The quantitative estimate of drug-likeness (QED) is 0.464. The van der Waals surface area contributed by atoms with Crippen molar-refractivity contribution in [1.82, 2.24) is 4.90 Å². The van der Waals surface area contributed by atoms with Crippen LogP contribution in [0, 0.1) is 6.92 Å². The molecule has 0 saturated heterocycles. The van der Waals surface area contributed by atoms with Gasteiger partial charge in [0.2, 0.25) is 5.76 Å². The van der Waals surface area contributed by atoms with E-state index < -0.39 is 6.04 Å². The Bertz CT molecular complexity index is 1390. The maximum Gasteiger partial charge on any atom is 0.291 e. The van der Waals surface area contributed by atoms with Gasteiger partial charge in [0.15, 0.2) is 16.9 Å². The number of methoxy groups -OCH3 is 2. The molecule has 1 atom stereocenters. The van der Waals surface area contributed by atoms with E-state index in [0.29, 0.717) is 33.8 Å². The highest BCUT2D eigenvalue weighted by Crippen LogP contribution is 2.45. The van der Waals surface area contributed by atoms with Gasteiger partial charge in [0, 0.05) is 5.56 Å². The second kappa shape index (κ2) is 7.60. The molecule has 1 aliphatic heterocycles. The summed E-state index contributed by atoms with van der Waals surface area (Å²) in [7, 11) is 3.07. The Morgan fingerprint density at radius 3 is 2.59 bits per heavy atom. The van der Waals surface area contributed by atoms with Crippen molar-refractivity contribution < 1.29 is 23.1 Å². The molecule has 0 N–H and O–H groups in total. The summed E-state index contributed by atoms with van der Waals surface area (Å²) in [5.41, 5.74) is 1.98. The predicted molar refractivity (Wildman–Crippen MR) is 117 cm³/mol. The Hall–Kier alpha value is -4.00. The molecule has 4 aromatic rings. The van der Waals surface area contributed by atoms with Gasteiger partial charge in [-0.3, -0.25) is 9.59 Å². The molecule has 2 aromatic carbocycles. The lowest BCUT2D eigenvalue weighted by molar-refractivity contribution is 0.0699. The maximum absolute atomic E-state index is 13.7. The lowest BCUT2D eigenvalue weighted by Gasteiger charge is -2.26. The van der Waals surface area contributed by atoms with Crippen molar-refractivity contribution in [2.45, 2.75) is 19.5 Å². The number of ether oxygens (including phenoxy) is 2. The SMILES string of the molecule is COc1cccc(C2c3c(oc4ccc(C)cc4c3=O)C(=O)N2Cc2ccco2)c1OC. The van der Waals surface area contributed by atoms with Crippen LogP contribution in [0.5, 0.6) is 11.5 Å². The maximum atomic E-state index is 13.7. The fourth-order valence-corrected chi connectivity index (χ4v) is 4.32. The van der Waals surface area contributed by atoms with Crippen molar-refractivity contribution in [2.24, 2.45) is 0 Å². The molecule has 162 valence electrons. The molecule has 5 rings (SSSR count). The number of carbonyl (C=O) groups is 1. The van der Waals surface area contributed by atoms with Crippen LogP contribution >= 0.6 is 0 Å². The Morgan fingerprint density at radius 2 is 1.88 bits per heavy atom. The van der Waals surface area contributed by atoms with Gasteiger partial charge in [-0.15, -0.1) is 0 Å². The van der Waals surface area contributed by atoms with Gasteiger partial charge in [0.1, 0.15) is 11.3 Å². The molecular formula is C25H21NO6. The van der Waals surface area contributed by atoms with Crippen LogP contribution in [-0.2, 0) is 6.54 Å². The van der Waals surface area contributed by atoms with E-state index in [1.54, 1.807) is 54.7 Å². The van der Waals surface area contributed by atoms with Crippen LogP contribution in [0.4, 0.5) is 0 Å². The number of hydrogen-bond acceptors (Lipinski definition) is 6. The number of para-hydroxylation sites is 1. The van der Waals surface area contributed by atoms with E-state index in [4.69, 9.17) is 18.3 Å². The molecule has 0 fully saturated rings. The second-order valence-electron chi connectivity index (χ2n) is 7.67. The first-order valence-corrected chi connectivity index (χ1v) is 10.1. The van der Waals surface area contributed by atoms with Gasteiger partial charge < -0.3 is 23.2 Å². The second-order valence-corrected chi connectivity index (χ2v) is 7.67. The summed E-state index contributed by atoms with van der Waals surface area (Å²) < 4.78 is 22.6. The highest BCUT2D eigenvalue weighted by atomic mass is 16.5. The van der Waals surface area contributed by atoms with E-state index in [1.807, 2.05) is 19.1 Å². The third-order valence-electron chi connectivity index (χ3n) is 5.76. The van der Waals surface area contributed by atoms with Crippen LogP contribution in [-0.4, -0.2) is 25.0 Å². The summed E-state index contributed by atoms with van der Waals surface area (Å²) in [6, 6.07) is 13.5. The first kappa shape index (κ1) is 19.9. The molecule has 1 aliphatic rings. The highest BCUT2D eigenvalue weighted by molar-refractivity contribution is 5.99. The van der Waals surface area contributed by atoms with Crippen LogP contribution in [0.1, 0.15) is 39.0 Å². The number of benzene rings is 2. The van der Waals surface area contributed by atoms with Gasteiger partial charge in [-0.1, -0.05) is 23.8 Å². The lowest BCUT2D eigenvalue weighted by atomic mass is 9.97. The molecule has 0 bridgehead atoms. The van der Waals surface area contributed by atoms with Crippen molar-refractivity contribution in [3.05, 3.63) is 93.2 Å². The average Bonchev–Trinajstić information content (AvgIpc) is 3.41. The Labute approximate surface area is 183 Å². The molecule has 32 heavy (non-hydrogen) atoms. The number of carbonyl (C=O) groups excluding carboxylic acids is 1. The Kier molecular flexibility index (Phi) is 4.74. The lowest BCUT2D eigenvalue weighted by Crippen LogP contribution is -2.29.